The Bertz CT molecular complexity index is 4570. The normalized spacial score (nSPS) is 19.6. The zero-order chi connectivity index (χ0) is 51.6. The molecule has 0 fully saturated rings. The molecule has 7 nitrogen and oxygen atoms in total. The van der Waals surface area contributed by atoms with E-state index in [0.29, 0.717) is 0 Å². The predicted octanol–water partition coefficient (Wildman–Crippen LogP) is 15.3. The van der Waals surface area contributed by atoms with Crippen LogP contribution in [0.4, 0.5) is 11.4 Å². The third-order valence-corrected chi connectivity index (χ3v) is 17.3. The highest BCUT2D eigenvalue weighted by Gasteiger charge is 2.51. The summed E-state index contributed by atoms with van der Waals surface area (Å²) in [5.74, 6) is 0.883. The Morgan fingerprint density at radius 1 is 0.474 bits per heavy atom. The van der Waals surface area contributed by atoms with E-state index in [9.17, 15) is 0 Å². The topological polar surface area (TPSA) is 46.9 Å². The first-order valence-corrected chi connectivity index (χ1v) is 27.2. The highest BCUT2D eigenvalue weighted by atomic mass is 15.4. The van der Waals surface area contributed by atoms with Crippen LogP contribution in [0.15, 0.2) is 260 Å². The Hall–Kier alpha value is -9.69. The molecule has 10 aromatic carbocycles. The second kappa shape index (κ2) is 17.2. The third-order valence-electron chi connectivity index (χ3n) is 17.3. The molecule has 78 heavy (non-hydrogen) atoms. The molecule has 0 radical (unpaired) electrons. The van der Waals surface area contributed by atoms with Gasteiger partial charge in [0.2, 0.25) is 6.17 Å². The van der Waals surface area contributed by atoms with E-state index in [1.165, 1.54) is 82.2 Å². The van der Waals surface area contributed by atoms with Gasteiger partial charge in [0.25, 0.3) is 0 Å². The Balaban J connectivity index is 0.960. The molecule has 0 saturated carbocycles. The van der Waals surface area contributed by atoms with Crippen molar-refractivity contribution in [2.75, 3.05) is 11.9 Å². The minimum Gasteiger partial charge on any atom is -0.332 e. The number of hydrogen-bond acceptors (Lipinski definition) is 3. The van der Waals surface area contributed by atoms with Gasteiger partial charge in [-0.3, -0.25) is 4.90 Å². The van der Waals surface area contributed by atoms with E-state index in [4.69, 9.17) is 4.99 Å². The van der Waals surface area contributed by atoms with Crippen LogP contribution in [0, 0.1) is 0 Å². The lowest BCUT2D eigenvalue weighted by molar-refractivity contribution is -0.947. The van der Waals surface area contributed by atoms with E-state index in [1.807, 2.05) is 0 Å². The highest BCUT2D eigenvalue weighted by Crippen LogP contribution is 2.61. The number of amidine groups is 1. The standard InChI is InChI=1S/C71H53N7/c1-71-44-43-62-64(67(71)77(49-29-14-6-15-30-49)60-38-21-19-36-57(60)71)56-45-51(39-41-59(56)75(62)48-27-12-5-13-28-48)76-58-37-20-18-33-54(58)63-61(76)42-40-53-52-34-22-35-55(65(52)78(66(53)63)50-31-16-7-17-32-50)68-72-69(46-23-8-3-9-24-46)74(2)70(73-68)47-25-10-4-11-26-47/h3-45,67,69-70H,1-2H3,(H,72,73)/p+1. The van der Waals surface area contributed by atoms with Gasteiger partial charge < -0.3 is 23.9 Å². The third kappa shape index (κ3) is 6.39. The monoisotopic (exact) mass is 1000 g/mol. The van der Waals surface area contributed by atoms with Crippen molar-refractivity contribution in [1.82, 2.24) is 19.0 Å². The van der Waals surface area contributed by atoms with Gasteiger partial charge >= 0.3 is 0 Å². The van der Waals surface area contributed by atoms with Gasteiger partial charge in [-0.1, -0.05) is 176 Å². The number of benzene rings is 10. The largest absolute Gasteiger partial charge is 0.332 e. The maximum Gasteiger partial charge on any atom is 0.211 e. The molecule has 5 unspecified atom stereocenters. The molecular formula is C71H54N7+. The van der Waals surface area contributed by atoms with Crippen molar-refractivity contribution >= 4 is 77.8 Å². The number of para-hydroxylation sites is 6. The van der Waals surface area contributed by atoms with Gasteiger partial charge in [-0.25, -0.2) is 4.99 Å². The molecule has 16 rings (SSSR count). The van der Waals surface area contributed by atoms with Gasteiger partial charge in [0, 0.05) is 83.0 Å². The lowest BCUT2D eigenvalue weighted by atomic mass is 9.72. The van der Waals surface area contributed by atoms with E-state index >= 15 is 0 Å². The average molecular weight is 1010 g/mol. The van der Waals surface area contributed by atoms with Crippen LogP contribution >= 0.6 is 0 Å². The Labute approximate surface area is 452 Å². The van der Waals surface area contributed by atoms with Gasteiger partial charge in [-0.2, -0.15) is 0 Å². The number of nitrogens with zero attached hydrogens (tertiary/aromatic N) is 5. The van der Waals surface area contributed by atoms with E-state index < -0.39 is 0 Å². The van der Waals surface area contributed by atoms with Crippen molar-refractivity contribution in [3.05, 3.63) is 288 Å². The van der Waals surface area contributed by atoms with Crippen LogP contribution in [0.1, 0.15) is 58.8 Å². The molecule has 1 aliphatic carbocycles. The van der Waals surface area contributed by atoms with Crippen molar-refractivity contribution in [2.45, 2.75) is 30.7 Å². The number of hydrogen-bond donors (Lipinski definition) is 2. The molecule has 7 heteroatoms. The van der Waals surface area contributed by atoms with Crippen LogP contribution in [0.3, 0.4) is 0 Å². The van der Waals surface area contributed by atoms with E-state index in [-0.39, 0.29) is 23.8 Å². The first-order valence-electron chi connectivity index (χ1n) is 27.2. The van der Waals surface area contributed by atoms with E-state index in [0.717, 1.165) is 45.0 Å². The van der Waals surface area contributed by atoms with Crippen LogP contribution in [0.5, 0.6) is 0 Å². The zero-order valence-corrected chi connectivity index (χ0v) is 43.3. The summed E-state index contributed by atoms with van der Waals surface area (Å²) in [7, 11) is 2.25. The van der Waals surface area contributed by atoms with Crippen molar-refractivity contribution in [1.29, 1.82) is 0 Å². The molecule has 0 saturated heterocycles. The fourth-order valence-corrected chi connectivity index (χ4v) is 13.9. The van der Waals surface area contributed by atoms with Crippen molar-refractivity contribution < 1.29 is 4.90 Å². The maximum atomic E-state index is 5.67. The molecule has 3 aromatic heterocycles. The number of anilines is 2. The minimum absolute atomic E-state index is 0.00966. The number of quaternary nitrogens is 1. The molecule has 0 bridgehead atoms. The van der Waals surface area contributed by atoms with Gasteiger partial charge in [0.1, 0.15) is 5.84 Å². The number of fused-ring (bicyclic) bond motifs is 14. The molecule has 5 atom stereocenters. The van der Waals surface area contributed by atoms with Crippen molar-refractivity contribution in [3.63, 3.8) is 0 Å². The minimum atomic E-state index is -0.298. The van der Waals surface area contributed by atoms with Crippen LogP contribution in [0.2, 0.25) is 0 Å². The van der Waals surface area contributed by atoms with Gasteiger partial charge in [0.05, 0.1) is 46.4 Å². The Morgan fingerprint density at radius 3 is 1.81 bits per heavy atom. The maximum absolute atomic E-state index is 5.67. The lowest BCUT2D eigenvalue weighted by Crippen LogP contribution is -3.12. The van der Waals surface area contributed by atoms with Crippen LogP contribution in [-0.2, 0) is 5.41 Å². The quantitative estimate of drug-likeness (QED) is 0.167. The smallest absolute Gasteiger partial charge is 0.211 e. The van der Waals surface area contributed by atoms with Crippen LogP contribution < -0.4 is 15.1 Å². The fourth-order valence-electron chi connectivity index (χ4n) is 13.9. The predicted molar refractivity (Wildman–Crippen MR) is 321 cm³/mol. The lowest BCUT2D eigenvalue weighted by Gasteiger charge is -2.38. The van der Waals surface area contributed by atoms with Crippen LogP contribution in [0.25, 0.3) is 77.7 Å². The summed E-state index contributed by atoms with van der Waals surface area (Å²) in [6, 6.07) is 91.1. The molecule has 13 aromatic rings. The first-order chi connectivity index (χ1) is 38.5. The Morgan fingerprint density at radius 2 is 1.06 bits per heavy atom. The number of aromatic nitrogens is 3. The summed E-state index contributed by atoms with van der Waals surface area (Å²) < 4.78 is 7.52. The SMILES string of the molecule is C[NH+]1C(c2ccccc2)N=C(c2cccc3c4ccc5c(c6ccccc6n5-c5ccc6c(c5)c5c(n6-c6ccccc6)C=CC6(C)c7ccccc7N(c7ccccc7)C56)c4n(-c4ccccc4)c23)NC1c1ccccc1. The molecule has 3 aliphatic rings. The van der Waals surface area contributed by atoms with E-state index in [2.05, 4.69) is 299 Å². The number of rotatable bonds is 7. The van der Waals surface area contributed by atoms with Crippen LogP contribution in [-0.4, -0.2) is 26.6 Å². The summed E-state index contributed by atoms with van der Waals surface area (Å²) >= 11 is 0. The molecular weight excluding hydrogens is 951 g/mol. The Kier molecular flexibility index (Phi) is 9.81. The van der Waals surface area contributed by atoms with Crippen molar-refractivity contribution in [2.24, 2.45) is 4.99 Å². The first kappa shape index (κ1) is 44.6. The van der Waals surface area contributed by atoms with E-state index in [1.54, 1.807) is 0 Å². The summed E-state index contributed by atoms with van der Waals surface area (Å²) in [5, 5.41) is 10.0. The molecule has 5 heterocycles. The summed E-state index contributed by atoms with van der Waals surface area (Å²) in [6.45, 7) is 2.43. The summed E-state index contributed by atoms with van der Waals surface area (Å²) in [5.41, 5.74) is 18.6. The molecule has 2 N–H and O–H groups in total. The van der Waals surface area contributed by atoms with Gasteiger partial charge in [-0.15, -0.1) is 0 Å². The average Bonchev–Trinajstić information content (AvgIpc) is 4.40. The second-order valence-corrected chi connectivity index (χ2v) is 21.5. The number of nitrogens with one attached hydrogen (secondary N) is 2. The molecule has 372 valence electrons. The fraction of sp³-hybridized carbons (Fsp3) is 0.0845. The second-order valence-electron chi connectivity index (χ2n) is 21.5. The van der Waals surface area contributed by atoms with Gasteiger partial charge in [0.15, 0.2) is 6.17 Å². The summed E-state index contributed by atoms with van der Waals surface area (Å²) in [6.07, 6.45) is 4.69. The molecule has 0 amide bonds. The zero-order valence-electron chi connectivity index (χ0n) is 43.3. The molecule has 2 aliphatic heterocycles. The highest BCUT2D eigenvalue weighted by molar-refractivity contribution is 6.28. The van der Waals surface area contributed by atoms with Gasteiger partial charge in [-0.05, 0) is 97.4 Å². The summed E-state index contributed by atoms with van der Waals surface area (Å²) in [4.78, 5) is 9.54. The number of aliphatic imine (C=N–C) groups is 1. The van der Waals surface area contributed by atoms with Crippen molar-refractivity contribution in [3.8, 4) is 17.1 Å². The molecule has 0 spiro atoms.